The van der Waals surface area contributed by atoms with Gasteiger partial charge in [0.1, 0.15) is 17.5 Å². The first-order chi connectivity index (χ1) is 11.2. The van der Waals surface area contributed by atoms with Crippen molar-refractivity contribution in [1.82, 2.24) is 15.6 Å². The molecule has 1 rings (SSSR count). The topological polar surface area (TPSA) is 107 Å². The van der Waals surface area contributed by atoms with Crippen molar-refractivity contribution in [2.45, 2.75) is 26.4 Å². The van der Waals surface area contributed by atoms with E-state index in [9.17, 15) is 9.59 Å². The lowest BCUT2D eigenvalue weighted by Gasteiger charge is -2.20. The zero-order chi connectivity index (χ0) is 18.2. The highest BCUT2D eigenvalue weighted by atomic mass is 16.6. The highest BCUT2D eigenvalue weighted by Crippen LogP contribution is 2.08. The van der Waals surface area contributed by atoms with Gasteiger partial charge < -0.3 is 20.3 Å². The van der Waals surface area contributed by atoms with E-state index in [-0.39, 0.29) is 19.0 Å². The summed E-state index contributed by atoms with van der Waals surface area (Å²) in [5.41, 5.74) is -0.0887. The Hall–Kier alpha value is -2.82. The van der Waals surface area contributed by atoms with Gasteiger partial charge in [0, 0.05) is 26.3 Å². The van der Waals surface area contributed by atoms with Crippen molar-refractivity contribution < 1.29 is 14.3 Å². The normalized spacial score (nSPS) is 10.5. The van der Waals surface area contributed by atoms with Gasteiger partial charge in [-0.2, -0.15) is 5.26 Å². The summed E-state index contributed by atoms with van der Waals surface area (Å²) in [6.07, 6.45) is 0.935. The quantitative estimate of drug-likeness (QED) is 0.753. The largest absolute Gasteiger partial charge is 0.444 e. The predicted molar refractivity (Wildman–Crippen MR) is 89.5 cm³/mol. The molecule has 2 amide bonds. The molecule has 24 heavy (non-hydrogen) atoms. The van der Waals surface area contributed by atoms with E-state index in [0.29, 0.717) is 17.9 Å². The van der Waals surface area contributed by atoms with Crippen molar-refractivity contribution in [2.24, 2.45) is 0 Å². The van der Waals surface area contributed by atoms with Crippen molar-refractivity contribution in [3.63, 3.8) is 0 Å². The molecule has 130 valence electrons. The molecule has 1 aromatic rings. The number of nitrogens with zero attached hydrogens (tertiary/aromatic N) is 3. The molecule has 0 saturated carbocycles. The van der Waals surface area contributed by atoms with Gasteiger partial charge in [0.2, 0.25) is 5.91 Å². The van der Waals surface area contributed by atoms with Crippen LogP contribution in [0, 0.1) is 11.3 Å². The Balaban J connectivity index is 2.28. The predicted octanol–water partition coefficient (Wildman–Crippen LogP) is 1.03. The van der Waals surface area contributed by atoms with E-state index in [1.807, 2.05) is 6.07 Å². The molecular weight excluding hydrogens is 310 g/mol. The minimum Gasteiger partial charge on any atom is -0.444 e. The van der Waals surface area contributed by atoms with Crippen molar-refractivity contribution in [2.75, 3.05) is 31.6 Å². The van der Waals surface area contributed by atoms with Crippen LogP contribution in [0.2, 0.25) is 0 Å². The van der Waals surface area contributed by atoms with Crippen molar-refractivity contribution in [1.29, 1.82) is 5.26 Å². The third kappa shape index (κ3) is 7.45. The summed E-state index contributed by atoms with van der Waals surface area (Å²) in [5, 5.41) is 14.0. The van der Waals surface area contributed by atoms with Gasteiger partial charge in [-0.15, -0.1) is 0 Å². The summed E-state index contributed by atoms with van der Waals surface area (Å²) < 4.78 is 5.08. The van der Waals surface area contributed by atoms with Crippen LogP contribution < -0.4 is 15.5 Å². The molecule has 0 fully saturated rings. The van der Waals surface area contributed by atoms with E-state index in [0.717, 1.165) is 0 Å². The maximum absolute atomic E-state index is 11.8. The number of amides is 2. The van der Waals surface area contributed by atoms with Crippen LogP contribution in [0.4, 0.5) is 10.6 Å². The molecule has 0 atom stereocenters. The number of hydrogen-bond donors (Lipinski definition) is 2. The van der Waals surface area contributed by atoms with Crippen molar-refractivity contribution in [3.05, 3.63) is 23.9 Å². The molecule has 1 aromatic heterocycles. The second kappa shape index (κ2) is 8.72. The van der Waals surface area contributed by atoms with Crippen molar-refractivity contribution >= 4 is 17.8 Å². The lowest BCUT2D eigenvalue weighted by Crippen LogP contribution is -2.41. The molecule has 0 aliphatic carbocycles. The van der Waals surface area contributed by atoms with Crippen LogP contribution in [-0.4, -0.2) is 49.3 Å². The fraction of sp³-hybridized carbons (Fsp3) is 0.500. The average Bonchev–Trinajstić information content (AvgIpc) is 2.50. The summed E-state index contributed by atoms with van der Waals surface area (Å²) in [7, 11) is 1.73. The average molecular weight is 333 g/mol. The van der Waals surface area contributed by atoms with Crippen LogP contribution in [0.1, 0.15) is 26.3 Å². The van der Waals surface area contributed by atoms with Crippen molar-refractivity contribution in [3.8, 4) is 6.07 Å². The second-order valence-electron chi connectivity index (χ2n) is 6.15. The zero-order valence-corrected chi connectivity index (χ0v) is 14.4. The third-order valence-corrected chi connectivity index (χ3v) is 2.76. The molecule has 0 aromatic carbocycles. The summed E-state index contributed by atoms with van der Waals surface area (Å²) in [5.74, 6) is 0.394. The Labute approximate surface area is 141 Å². The smallest absolute Gasteiger partial charge is 0.407 e. The first kappa shape index (κ1) is 19.2. The maximum Gasteiger partial charge on any atom is 0.407 e. The van der Waals surface area contributed by atoms with E-state index in [1.54, 1.807) is 44.9 Å². The molecule has 8 heteroatoms. The van der Waals surface area contributed by atoms with E-state index < -0.39 is 11.7 Å². The Morgan fingerprint density at radius 3 is 2.50 bits per heavy atom. The van der Waals surface area contributed by atoms with Crippen LogP contribution >= 0.6 is 0 Å². The Bertz CT molecular complexity index is 602. The summed E-state index contributed by atoms with van der Waals surface area (Å²) in [6, 6.07) is 5.30. The van der Waals surface area contributed by atoms with Gasteiger partial charge in [0.05, 0.1) is 12.1 Å². The highest BCUT2D eigenvalue weighted by molar-refractivity contribution is 5.80. The fourth-order valence-corrected chi connectivity index (χ4v) is 1.71. The van der Waals surface area contributed by atoms with Gasteiger partial charge in [0.15, 0.2) is 0 Å². The van der Waals surface area contributed by atoms with Gasteiger partial charge in [-0.3, -0.25) is 4.79 Å². The first-order valence-corrected chi connectivity index (χ1v) is 7.52. The van der Waals surface area contributed by atoms with Gasteiger partial charge in [-0.1, -0.05) is 0 Å². The number of likely N-dealkylation sites (N-methyl/N-ethyl adjacent to an activating group) is 1. The molecule has 2 N–H and O–H groups in total. The number of pyridine rings is 1. The van der Waals surface area contributed by atoms with Crippen LogP contribution in [0.3, 0.4) is 0 Å². The molecule has 0 aliphatic rings. The van der Waals surface area contributed by atoms with E-state index >= 15 is 0 Å². The van der Waals surface area contributed by atoms with Crippen LogP contribution in [0.15, 0.2) is 18.3 Å². The Kier molecular flexibility index (Phi) is 6.98. The molecule has 0 spiro atoms. The number of rotatable bonds is 6. The number of nitriles is 1. The van der Waals surface area contributed by atoms with E-state index in [2.05, 4.69) is 15.6 Å². The molecule has 0 radical (unpaired) electrons. The molecular formula is C16H23N5O3. The van der Waals surface area contributed by atoms with Gasteiger partial charge in [-0.05, 0) is 32.9 Å². The minimum atomic E-state index is -0.551. The molecule has 1 heterocycles. The van der Waals surface area contributed by atoms with Crippen LogP contribution in [0.25, 0.3) is 0 Å². The molecule has 0 aliphatic heterocycles. The first-order valence-electron chi connectivity index (χ1n) is 7.52. The third-order valence-electron chi connectivity index (χ3n) is 2.76. The molecule has 0 unspecified atom stereocenters. The van der Waals surface area contributed by atoms with Crippen LogP contribution in [-0.2, 0) is 9.53 Å². The monoisotopic (exact) mass is 333 g/mol. The number of carbonyl (C=O) groups excluding carboxylic acids is 2. The molecule has 8 nitrogen and oxygen atoms in total. The Morgan fingerprint density at radius 1 is 1.29 bits per heavy atom. The number of nitrogens with one attached hydrogen (secondary N) is 2. The van der Waals surface area contributed by atoms with Gasteiger partial charge >= 0.3 is 6.09 Å². The fourth-order valence-electron chi connectivity index (χ4n) is 1.71. The standard InChI is InChI=1S/C16H23N5O3/c1-16(2,3)24-15(23)19-8-7-18-14(22)11-21(4)13-6-5-12(9-17)10-20-13/h5-6,10H,7-8,11H2,1-4H3,(H,18,22)(H,19,23). The number of carbonyl (C=O) groups is 2. The lowest BCUT2D eigenvalue weighted by molar-refractivity contribution is -0.119. The van der Waals surface area contributed by atoms with E-state index in [4.69, 9.17) is 10.00 Å². The van der Waals surface area contributed by atoms with E-state index in [1.165, 1.54) is 6.20 Å². The molecule has 0 saturated heterocycles. The SMILES string of the molecule is CN(CC(=O)NCCNC(=O)OC(C)(C)C)c1ccc(C#N)cn1. The Morgan fingerprint density at radius 2 is 1.96 bits per heavy atom. The number of alkyl carbamates (subject to hydrolysis) is 1. The van der Waals surface area contributed by atoms with Gasteiger partial charge in [-0.25, -0.2) is 9.78 Å². The number of aromatic nitrogens is 1. The summed E-state index contributed by atoms with van der Waals surface area (Å²) >= 11 is 0. The number of hydrogen-bond acceptors (Lipinski definition) is 6. The lowest BCUT2D eigenvalue weighted by atomic mass is 10.2. The zero-order valence-electron chi connectivity index (χ0n) is 14.4. The highest BCUT2D eigenvalue weighted by Gasteiger charge is 2.15. The second-order valence-corrected chi connectivity index (χ2v) is 6.15. The molecule has 0 bridgehead atoms. The van der Waals surface area contributed by atoms with Gasteiger partial charge in [0.25, 0.3) is 0 Å². The minimum absolute atomic E-state index is 0.116. The number of anilines is 1. The number of ether oxygens (including phenoxy) is 1. The maximum atomic E-state index is 11.8. The summed E-state index contributed by atoms with van der Waals surface area (Å²) in [6.45, 7) is 6.03. The van der Waals surface area contributed by atoms with Crippen LogP contribution in [0.5, 0.6) is 0 Å². The summed E-state index contributed by atoms with van der Waals surface area (Å²) in [4.78, 5) is 29.1.